The molecule has 0 spiro atoms. The molecule has 32 heavy (non-hydrogen) atoms. The zero-order chi connectivity index (χ0) is 21.8. The number of thioether (sulfide) groups is 1. The summed E-state index contributed by atoms with van der Waals surface area (Å²) in [5.41, 5.74) is 5.74. The fraction of sp³-hybridized carbons (Fsp3) is 0.222. The fourth-order valence-electron chi connectivity index (χ4n) is 4.07. The van der Waals surface area contributed by atoms with Crippen molar-refractivity contribution in [1.29, 1.82) is 0 Å². The van der Waals surface area contributed by atoms with Crippen LogP contribution < -0.4 is 10.1 Å². The first-order valence-corrected chi connectivity index (χ1v) is 12.2. The van der Waals surface area contributed by atoms with Crippen LogP contribution in [0.4, 0.5) is 5.82 Å². The number of hydrogen-bond acceptors (Lipinski definition) is 4. The first-order chi connectivity index (χ1) is 15.8. The minimum atomic E-state index is 0.188. The van der Waals surface area contributed by atoms with E-state index in [1.54, 1.807) is 0 Å². The molecule has 0 saturated heterocycles. The van der Waals surface area contributed by atoms with Gasteiger partial charge in [-0.3, -0.25) is 0 Å². The highest BCUT2D eigenvalue weighted by molar-refractivity contribution is 7.99. The largest absolute Gasteiger partial charge is 0.494 e. The number of anilines is 1. The van der Waals surface area contributed by atoms with Gasteiger partial charge in [0.25, 0.3) is 0 Å². The summed E-state index contributed by atoms with van der Waals surface area (Å²) in [6.07, 6.45) is 1.01. The molecule has 3 aromatic carbocycles. The quantitative estimate of drug-likeness (QED) is 0.367. The average Bonchev–Trinajstić information content (AvgIpc) is 3.10. The van der Waals surface area contributed by atoms with Gasteiger partial charge >= 0.3 is 0 Å². The third kappa shape index (κ3) is 4.13. The monoisotopic (exact) mass is 441 g/mol. The van der Waals surface area contributed by atoms with Gasteiger partial charge in [0.2, 0.25) is 0 Å². The molecule has 0 saturated carbocycles. The van der Waals surface area contributed by atoms with Crippen molar-refractivity contribution in [3.8, 4) is 22.7 Å². The van der Waals surface area contributed by atoms with Gasteiger partial charge in [-0.05, 0) is 36.2 Å². The zero-order valence-corrected chi connectivity index (χ0v) is 19.0. The van der Waals surface area contributed by atoms with Crippen LogP contribution in [0.5, 0.6) is 5.75 Å². The van der Waals surface area contributed by atoms with E-state index >= 15 is 0 Å². The summed E-state index contributed by atoms with van der Waals surface area (Å²) in [5.74, 6) is 3.03. The summed E-state index contributed by atoms with van der Waals surface area (Å²) in [6.45, 7) is 3.77. The van der Waals surface area contributed by atoms with E-state index in [2.05, 4.69) is 95.8 Å². The Bertz CT molecular complexity index is 1160. The molecule has 1 aliphatic rings. The fourth-order valence-corrected chi connectivity index (χ4v) is 5.26. The van der Waals surface area contributed by atoms with Crippen LogP contribution in [-0.4, -0.2) is 28.7 Å². The summed E-state index contributed by atoms with van der Waals surface area (Å²) in [7, 11) is 0. The van der Waals surface area contributed by atoms with E-state index in [1.807, 2.05) is 17.8 Å². The molecule has 5 rings (SSSR count). The van der Waals surface area contributed by atoms with Crippen molar-refractivity contribution in [1.82, 2.24) is 9.78 Å². The molecule has 0 bridgehead atoms. The van der Waals surface area contributed by atoms with Crippen molar-refractivity contribution in [2.45, 2.75) is 18.6 Å². The van der Waals surface area contributed by atoms with Crippen LogP contribution in [0.15, 0.2) is 84.9 Å². The Balaban J connectivity index is 1.65. The third-order valence-corrected chi connectivity index (χ3v) is 6.85. The SMILES string of the molecule is CCCOc1ccc([C@H]2SCCNc3c2c(-c2ccccc2)nn3-c2ccccc2)cc1. The van der Waals surface area contributed by atoms with Crippen molar-refractivity contribution in [2.75, 3.05) is 24.2 Å². The number of hydrogen-bond donors (Lipinski definition) is 1. The van der Waals surface area contributed by atoms with E-state index in [4.69, 9.17) is 9.84 Å². The lowest BCUT2D eigenvalue weighted by Gasteiger charge is -2.17. The second-order valence-corrected chi connectivity index (χ2v) is 9.03. The molecule has 4 nitrogen and oxygen atoms in total. The molecule has 1 aromatic heterocycles. The normalized spacial score (nSPS) is 15.5. The molecule has 1 atom stereocenters. The number of ether oxygens (including phenoxy) is 1. The Morgan fingerprint density at radius 3 is 2.41 bits per heavy atom. The van der Waals surface area contributed by atoms with Crippen LogP contribution in [0.2, 0.25) is 0 Å². The van der Waals surface area contributed by atoms with E-state index in [0.717, 1.165) is 53.8 Å². The predicted molar refractivity (Wildman–Crippen MR) is 134 cm³/mol. The lowest BCUT2D eigenvalue weighted by Crippen LogP contribution is -2.08. The van der Waals surface area contributed by atoms with Gasteiger partial charge in [0.05, 0.1) is 23.2 Å². The van der Waals surface area contributed by atoms with Crippen molar-refractivity contribution in [3.63, 3.8) is 0 Å². The first-order valence-electron chi connectivity index (χ1n) is 11.2. The van der Waals surface area contributed by atoms with Crippen molar-refractivity contribution in [2.24, 2.45) is 0 Å². The average molecular weight is 442 g/mol. The minimum Gasteiger partial charge on any atom is -0.494 e. The van der Waals surface area contributed by atoms with E-state index < -0.39 is 0 Å². The molecule has 1 N–H and O–H groups in total. The van der Waals surface area contributed by atoms with Crippen LogP contribution >= 0.6 is 11.8 Å². The van der Waals surface area contributed by atoms with Crippen molar-refractivity contribution < 1.29 is 4.74 Å². The Morgan fingerprint density at radius 1 is 0.969 bits per heavy atom. The van der Waals surface area contributed by atoms with Crippen LogP contribution in [-0.2, 0) is 0 Å². The number of para-hydroxylation sites is 1. The number of benzene rings is 3. The van der Waals surface area contributed by atoms with E-state index in [-0.39, 0.29) is 5.25 Å². The van der Waals surface area contributed by atoms with E-state index in [9.17, 15) is 0 Å². The van der Waals surface area contributed by atoms with Gasteiger partial charge in [-0.1, -0.05) is 67.6 Å². The number of rotatable bonds is 6. The topological polar surface area (TPSA) is 39.1 Å². The molecule has 1 aliphatic heterocycles. The van der Waals surface area contributed by atoms with Gasteiger partial charge in [-0.25, -0.2) is 4.68 Å². The lowest BCUT2D eigenvalue weighted by molar-refractivity contribution is 0.317. The van der Waals surface area contributed by atoms with Gasteiger partial charge in [0.1, 0.15) is 11.6 Å². The van der Waals surface area contributed by atoms with Crippen molar-refractivity contribution >= 4 is 17.6 Å². The summed E-state index contributed by atoms with van der Waals surface area (Å²) >= 11 is 1.96. The maximum atomic E-state index is 5.81. The molecule has 5 heteroatoms. The second kappa shape index (κ2) is 9.53. The molecule has 0 radical (unpaired) electrons. The maximum absolute atomic E-state index is 5.81. The van der Waals surface area contributed by atoms with Crippen LogP contribution in [0.1, 0.15) is 29.7 Å². The highest BCUT2D eigenvalue weighted by Crippen LogP contribution is 2.46. The smallest absolute Gasteiger partial charge is 0.135 e. The van der Waals surface area contributed by atoms with Gasteiger partial charge in [0, 0.05) is 23.4 Å². The van der Waals surface area contributed by atoms with E-state index in [0.29, 0.717) is 0 Å². The van der Waals surface area contributed by atoms with Crippen LogP contribution in [0.3, 0.4) is 0 Å². The number of fused-ring (bicyclic) bond motifs is 1. The van der Waals surface area contributed by atoms with Gasteiger partial charge in [-0.2, -0.15) is 5.10 Å². The summed E-state index contributed by atoms with van der Waals surface area (Å²) in [5, 5.41) is 8.99. The van der Waals surface area contributed by atoms with Crippen LogP contribution in [0.25, 0.3) is 16.9 Å². The Kier molecular flexibility index (Phi) is 6.17. The molecular formula is C27H27N3OS. The molecule has 4 aromatic rings. The standard InChI is InChI=1S/C27H27N3OS/c1-2-18-31-23-15-13-21(14-16-23)26-24-25(20-9-5-3-6-10-20)29-30(22-11-7-4-8-12-22)27(24)28-17-19-32-26/h3-16,26,28H,2,17-19H2,1H3/t26-/m1/s1. The summed E-state index contributed by atoms with van der Waals surface area (Å²) < 4.78 is 7.88. The molecular weight excluding hydrogens is 414 g/mol. The van der Waals surface area contributed by atoms with Gasteiger partial charge in [0.15, 0.2) is 0 Å². The molecule has 162 valence electrons. The number of nitrogens with one attached hydrogen (secondary N) is 1. The van der Waals surface area contributed by atoms with Crippen LogP contribution in [0, 0.1) is 0 Å². The molecule has 0 aliphatic carbocycles. The number of aromatic nitrogens is 2. The van der Waals surface area contributed by atoms with Gasteiger partial charge in [-0.15, -0.1) is 11.8 Å². The third-order valence-electron chi connectivity index (χ3n) is 5.57. The zero-order valence-electron chi connectivity index (χ0n) is 18.2. The molecule has 0 amide bonds. The summed E-state index contributed by atoms with van der Waals surface area (Å²) in [4.78, 5) is 0. The Morgan fingerprint density at radius 2 is 1.69 bits per heavy atom. The predicted octanol–water partition coefficient (Wildman–Crippen LogP) is 6.58. The minimum absolute atomic E-state index is 0.188. The summed E-state index contributed by atoms with van der Waals surface area (Å²) in [6, 6.07) is 29.5. The first kappa shape index (κ1) is 20.7. The van der Waals surface area contributed by atoms with E-state index in [1.165, 1.54) is 11.1 Å². The molecule has 0 unspecified atom stereocenters. The molecule has 0 fully saturated rings. The Hall–Kier alpha value is -3.18. The molecule has 2 heterocycles. The maximum Gasteiger partial charge on any atom is 0.135 e. The highest BCUT2D eigenvalue weighted by atomic mass is 32.2. The highest BCUT2D eigenvalue weighted by Gasteiger charge is 2.30. The second-order valence-electron chi connectivity index (χ2n) is 7.82. The number of nitrogens with zero attached hydrogens (tertiary/aromatic N) is 2. The Labute approximate surface area is 193 Å². The lowest BCUT2D eigenvalue weighted by atomic mass is 10.00. The van der Waals surface area contributed by atoms with Crippen molar-refractivity contribution in [3.05, 3.63) is 96.1 Å². The van der Waals surface area contributed by atoms with Gasteiger partial charge < -0.3 is 10.1 Å².